The third-order valence-corrected chi connectivity index (χ3v) is 14.6. The van der Waals surface area contributed by atoms with E-state index in [1.807, 2.05) is 184 Å². The Kier molecular flexibility index (Phi) is 26.9. The Bertz CT molecular complexity index is 4750. The molecule has 17 nitrogen and oxygen atoms in total. The number of phenolic OH excluding ortho intramolecular Hbond substituents is 4. The number of hydrazone groups is 4. The number of benzene rings is 10. The van der Waals surface area contributed by atoms with Crippen molar-refractivity contribution in [3.05, 3.63) is 263 Å². The number of rotatable bonds is 12. The maximum absolute atomic E-state index is 12.2. The highest BCUT2D eigenvalue weighted by Crippen LogP contribution is 2.33. The van der Waals surface area contributed by atoms with Crippen molar-refractivity contribution >= 4 is 112 Å². The molecule has 9 N–H and O–H groups in total. The molecule has 12 rings (SSSR count). The van der Waals surface area contributed by atoms with E-state index in [-0.39, 0.29) is 76.7 Å². The van der Waals surface area contributed by atoms with Gasteiger partial charge in [0, 0.05) is 60.6 Å². The van der Waals surface area contributed by atoms with Crippen LogP contribution in [0.2, 0.25) is 0 Å². The minimum absolute atomic E-state index is 0. The summed E-state index contributed by atoms with van der Waals surface area (Å²) in [4.78, 5) is 39.9. The number of aromatic hydroxyl groups is 4. The summed E-state index contributed by atoms with van der Waals surface area (Å²) in [6.07, 6.45) is 1.62. The molecule has 0 aliphatic carbocycles. The molecule has 0 spiro atoms. The van der Waals surface area contributed by atoms with Crippen molar-refractivity contribution in [3.63, 3.8) is 0 Å². The van der Waals surface area contributed by atoms with Gasteiger partial charge in [-0.15, -0.1) is 0 Å². The topological polar surface area (TPSA) is 259 Å². The first-order valence-electron chi connectivity index (χ1n) is 28.8. The zero-order valence-electron chi connectivity index (χ0n) is 50.6. The first-order valence-corrected chi connectivity index (χ1v) is 29.2. The number of phenols is 4. The molecule has 0 atom stereocenters. The smallest absolute Gasteiger partial charge is 0.307 e. The van der Waals surface area contributed by atoms with Gasteiger partial charge in [-0.2, -0.15) is 20.4 Å². The second-order valence-corrected chi connectivity index (χ2v) is 21.6. The summed E-state index contributed by atoms with van der Waals surface area (Å²) in [5.74, 6) is -0.0392. The monoisotopic (exact) mass is 1290 g/mol. The van der Waals surface area contributed by atoms with E-state index >= 15 is 0 Å². The van der Waals surface area contributed by atoms with Crippen molar-refractivity contribution in [3.8, 4) is 23.0 Å². The number of carbonyl (C=O) groups is 3. The summed E-state index contributed by atoms with van der Waals surface area (Å²) in [7, 11) is 0. The zero-order valence-corrected chi connectivity index (χ0v) is 51.4. The Morgan fingerprint density at radius 1 is 0.421 bits per heavy atom. The standard InChI is InChI=1S/C22H19N3O2.C20H18N2O2.C17H14N2O3.C14H14N2OS.4CH4/c1-14(18-11-10-15-6-2-4-8-19(15)22(18)27)24-25-21(26)13-17-12-16-7-3-5-9-20(16)23-17;1-13-7-9-16(10-8-13)20(24)22-21-14(2)17-12-11-15-5-3-4-6-18(15)19(17)23;1-11(18-19-17(21)15-7-4-10-22-15)13-9-8-12-5-2-3-6-14(12)16(13)20;1-9(15-16-10(2)18)12-8-7-11-5-3-4-6-13(11)14(12)17;;;;/h2-12,23,27H,13H2,1H3,(H,25,26);3-12,23H,1-2H3,(H,22,24);2-10,20H,1H3,(H,19,21);3-8,17H,1-2H3,(H,16,18);4*1H4/b24-14+;21-14+;18-11+;15-9+;;;;. The Labute approximate surface area is 559 Å². The predicted molar refractivity (Wildman–Crippen MR) is 395 cm³/mol. The van der Waals surface area contributed by atoms with Crippen molar-refractivity contribution < 1.29 is 39.2 Å². The van der Waals surface area contributed by atoms with Gasteiger partial charge in [0.05, 0.1) is 40.5 Å². The Morgan fingerprint density at radius 2 is 0.779 bits per heavy atom. The van der Waals surface area contributed by atoms with Crippen LogP contribution in [0.4, 0.5) is 0 Å². The van der Waals surface area contributed by atoms with Gasteiger partial charge in [-0.25, -0.2) is 16.3 Å². The number of nitrogens with zero attached hydrogens (tertiary/aromatic N) is 4. The number of furan rings is 1. The van der Waals surface area contributed by atoms with Crippen LogP contribution in [-0.2, 0) is 11.2 Å². The number of aromatic nitrogens is 1. The second-order valence-electron chi connectivity index (χ2n) is 21.0. The quantitative estimate of drug-likeness (QED) is 0.0317. The van der Waals surface area contributed by atoms with Crippen molar-refractivity contribution in [2.75, 3.05) is 0 Å². The maximum atomic E-state index is 12.2. The molecule has 2 heterocycles. The van der Waals surface area contributed by atoms with E-state index in [1.54, 1.807) is 70.2 Å². The van der Waals surface area contributed by atoms with Crippen LogP contribution < -0.4 is 21.7 Å². The molecule has 0 saturated heterocycles. The van der Waals surface area contributed by atoms with Gasteiger partial charge in [0.1, 0.15) is 23.0 Å². The highest BCUT2D eigenvalue weighted by atomic mass is 32.1. The molecule has 3 amide bonds. The number of carbonyl (C=O) groups excluding carboxylic acids is 3. The van der Waals surface area contributed by atoms with E-state index in [9.17, 15) is 34.8 Å². The van der Waals surface area contributed by atoms with Crippen LogP contribution in [0, 0.1) is 6.92 Å². The molecule has 488 valence electrons. The van der Waals surface area contributed by atoms with Crippen LogP contribution >= 0.6 is 12.2 Å². The summed E-state index contributed by atoms with van der Waals surface area (Å²) < 4.78 is 4.98. The van der Waals surface area contributed by atoms with Crippen molar-refractivity contribution in [1.82, 2.24) is 26.7 Å². The summed E-state index contributed by atoms with van der Waals surface area (Å²) in [6, 6.07) is 65.6. The van der Waals surface area contributed by atoms with E-state index in [0.717, 1.165) is 65.3 Å². The number of nitrogens with one attached hydrogen (secondary N) is 5. The molecule has 10 aromatic carbocycles. The fourth-order valence-electron chi connectivity index (χ4n) is 9.68. The van der Waals surface area contributed by atoms with Crippen LogP contribution in [-0.4, -0.2) is 71.0 Å². The summed E-state index contributed by atoms with van der Waals surface area (Å²) in [5, 5.41) is 66.0. The van der Waals surface area contributed by atoms with Crippen LogP contribution in [0.15, 0.2) is 243 Å². The number of amides is 3. The maximum Gasteiger partial charge on any atom is 0.307 e. The number of aromatic amines is 1. The minimum Gasteiger partial charge on any atom is -0.507 e. The molecular formula is C77H81N9O8S. The van der Waals surface area contributed by atoms with Gasteiger partial charge in [0.25, 0.3) is 5.91 Å². The molecular weight excluding hydrogens is 1210 g/mol. The lowest BCUT2D eigenvalue weighted by molar-refractivity contribution is -0.120. The first-order chi connectivity index (χ1) is 43.9. The summed E-state index contributed by atoms with van der Waals surface area (Å²) in [5.41, 5.74) is 18.4. The number of fused-ring (bicyclic) bond motifs is 5. The summed E-state index contributed by atoms with van der Waals surface area (Å²) >= 11 is 4.89. The lowest BCUT2D eigenvalue weighted by Crippen LogP contribution is -2.21. The van der Waals surface area contributed by atoms with Crippen molar-refractivity contribution in [1.29, 1.82) is 0 Å². The average molecular weight is 1290 g/mol. The van der Waals surface area contributed by atoms with E-state index in [1.165, 1.54) is 6.26 Å². The molecule has 0 radical (unpaired) electrons. The molecule has 0 unspecified atom stereocenters. The molecule has 12 aromatic rings. The third-order valence-electron chi connectivity index (χ3n) is 14.5. The van der Waals surface area contributed by atoms with E-state index in [0.29, 0.717) is 55.7 Å². The summed E-state index contributed by atoms with van der Waals surface area (Å²) in [6.45, 7) is 10.8. The van der Waals surface area contributed by atoms with E-state index in [2.05, 4.69) is 47.1 Å². The number of para-hydroxylation sites is 1. The van der Waals surface area contributed by atoms with Gasteiger partial charge in [0.15, 0.2) is 5.76 Å². The number of H-pyrrole nitrogens is 1. The molecule has 95 heavy (non-hydrogen) atoms. The van der Waals surface area contributed by atoms with Crippen molar-refractivity contribution in [2.24, 2.45) is 20.4 Å². The predicted octanol–water partition coefficient (Wildman–Crippen LogP) is 17.2. The average Bonchev–Trinajstić information content (AvgIpc) is 1.68. The Hall–Kier alpha value is -11.8. The minimum atomic E-state index is -0.440. The molecule has 0 aliphatic heterocycles. The number of hydrogen-bond acceptors (Lipinski definition) is 13. The number of thiocarbonyl (C=S) groups is 1. The van der Waals surface area contributed by atoms with Crippen LogP contribution in [0.5, 0.6) is 23.0 Å². The second kappa shape index (κ2) is 34.6. The van der Waals surface area contributed by atoms with Crippen LogP contribution in [0.1, 0.15) is 119 Å². The highest BCUT2D eigenvalue weighted by molar-refractivity contribution is 7.80. The van der Waals surface area contributed by atoms with Crippen LogP contribution in [0.25, 0.3) is 54.0 Å². The normalized spacial score (nSPS) is 11.1. The van der Waals surface area contributed by atoms with E-state index in [4.69, 9.17) is 16.6 Å². The van der Waals surface area contributed by atoms with Gasteiger partial charge < -0.3 is 29.8 Å². The molecule has 2 aromatic heterocycles. The zero-order chi connectivity index (χ0) is 64.6. The van der Waals surface area contributed by atoms with Gasteiger partial charge in [-0.1, -0.05) is 199 Å². The van der Waals surface area contributed by atoms with Gasteiger partial charge in [-0.05, 0) is 129 Å². The number of hydrogen-bond donors (Lipinski definition) is 9. The Morgan fingerprint density at radius 3 is 1.16 bits per heavy atom. The molecule has 0 bridgehead atoms. The van der Waals surface area contributed by atoms with Gasteiger partial charge >= 0.3 is 5.91 Å². The third kappa shape index (κ3) is 18.7. The Balaban J connectivity index is 0.000000228. The first kappa shape index (κ1) is 74.0. The fourth-order valence-corrected chi connectivity index (χ4v) is 9.73. The highest BCUT2D eigenvalue weighted by Gasteiger charge is 2.15. The fraction of sp³-hybridized carbons (Fsp3) is 0.143. The lowest BCUT2D eigenvalue weighted by Gasteiger charge is -2.08. The molecule has 0 saturated carbocycles. The van der Waals surface area contributed by atoms with Crippen LogP contribution in [0.3, 0.4) is 0 Å². The molecule has 0 fully saturated rings. The van der Waals surface area contributed by atoms with E-state index < -0.39 is 5.91 Å². The number of aryl methyl sites for hydroxylation is 1. The van der Waals surface area contributed by atoms with Gasteiger partial charge in [-0.3, -0.25) is 19.8 Å². The lowest BCUT2D eigenvalue weighted by atomic mass is 10.0. The van der Waals surface area contributed by atoms with Gasteiger partial charge in [0.2, 0.25) is 5.91 Å². The molecule has 0 aliphatic rings. The van der Waals surface area contributed by atoms with Crippen molar-refractivity contribution in [2.45, 2.75) is 77.7 Å². The largest absolute Gasteiger partial charge is 0.507 e. The SMILES string of the molecule is C.C.C.C.C/C(=N\NC(=O)Cc1cc2ccccc2[nH]1)c1ccc2ccccc2c1O.C/C(=N\NC(=O)c1ccc(C)cc1)c1ccc2ccccc2c1O.C/C(=N\NC(=O)c1ccco1)c1ccc2ccccc2c1O.CC(=S)N/N=C(\C)c1ccc2ccccc2c1O. The molecule has 18 heteroatoms.